The minimum atomic E-state index is -2.61. The van der Waals surface area contributed by atoms with E-state index in [0.717, 1.165) is 0 Å². The van der Waals surface area contributed by atoms with Crippen molar-refractivity contribution in [1.29, 1.82) is 10.5 Å². The Balaban J connectivity index is 0. The van der Waals surface area contributed by atoms with Crippen molar-refractivity contribution in [3.8, 4) is 12.1 Å². The number of nitriles is 2. The minimum absolute atomic E-state index is 1.24. The third kappa shape index (κ3) is 33100. The van der Waals surface area contributed by atoms with Crippen LogP contribution in [0.4, 0.5) is 0 Å². The summed E-state index contributed by atoms with van der Waals surface area (Å²) in [5.41, 5.74) is 0. The van der Waals surface area contributed by atoms with Gasteiger partial charge in [-0.25, -0.2) is 0 Å². The summed E-state index contributed by atoms with van der Waals surface area (Å²) in [5.74, 6) is 0. The quantitative estimate of drug-likeness (QED) is 0.443. The Hall–Kier alpha value is -0.950. The van der Waals surface area contributed by atoms with Crippen molar-refractivity contribution >= 4 is 11.4 Å². The standard InChI is InChI=1S/C2N2.H2O3S/c3-1-2-4;1-4(2)3/h;(H2,1,2,3). The van der Waals surface area contributed by atoms with Crippen molar-refractivity contribution in [2.75, 3.05) is 0 Å². The highest BCUT2D eigenvalue weighted by atomic mass is 32.2. The Labute approximate surface area is 48.3 Å². The third-order valence-corrected chi connectivity index (χ3v) is 0.0500. The molecular formula is C2H2N2O3S. The predicted octanol–water partition coefficient (Wildman–Crippen LogP) is -0.285. The van der Waals surface area contributed by atoms with E-state index in [2.05, 4.69) is 0 Å². The summed E-state index contributed by atoms with van der Waals surface area (Å²) < 4.78 is 22.8. The smallest absolute Gasteiger partial charge is 0.284 e. The van der Waals surface area contributed by atoms with E-state index in [1.807, 2.05) is 0 Å². The molecule has 0 unspecified atom stereocenters. The largest absolute Gasteiger partial charge is 0.299 e. The fraction of sp³-hybridized carbons (Fsp3) is 0. The summed E-state index contributed by atoms with van der Waals surface area (Å²) in [6.07, 6.45) is 0. The zero-order chi connectivity index (χ0) is 6.99. The molecular weight excluding hydrogens is 132 g/mol. The maximum absolute atomic E-state index is 8.67. The van der Waals surface area contributed by atoms with Crippen LogP contribution in [0.3, 0.4) is 0 Å². The van der Waals surface area contributed by atoms with Gasteiger partial charge in [-0.1, -0.05) is 0 Å². The fourth-order valence-corrected chi connectivity index (χ4v) is 0. The van der Waals surface area contributed by atoms with E-state index in [1.54, 1.807) is 0 Å². The third-order valence-electron chi connectivity index (χ3n) is 0.0500. The van der Waals surface area contributed by atoms with Crippen LogP contribution in [-0.2, 0) is 11.4 Å². The molecule has 0 aromatic heterocycles. The van der Waals surface area contributed by atoms with Gasteiger partial charge in [0.05, 0.1) is 0 Å². The van der Waals surface area contributed by atoms with Gasteiger partial charge in [-0.05, 0) is 0 Å². The van der Waals surface area contributed by atoms with Crippen molar-refractivity contribution in [2.24, 2.45) is 0 Å². The highest BCUT2D eigenvalue weighted by molar-refractivity contribution is 7.73. The van der Waals surface area contributed by atoms with Crippen LogP contribution in [0.2, 0.25) is 0 Å². The minimum Gasteiger partial charge on any atom is -0.284 e. The molecule has 44 valence electrons. The van der Waals surface area contributed by atoms with E-state index >= 15 is 0 Å². The normalized spacial score (nSPS) is 5.62. The Morgan fingerprint density at radius 1 is 1.25 bits per heavy atom. The number of hydrogen-bond donors (Lipinski definition) is 2. The topological polar surface area (TPSA) is 105 Å². The maximum atomic E-state index is 8.67. The van der Waals surface area contributed by atoms with Gasteiger partial charge in [0.15, 0.2) is 12.1 Å². The van der Waals surface area contributed by atoms with Crippen LogP contribution < -0.4 is 0 Å². The second-order valence-electron chi connectivity index (χ2n) is 0.454. The molecule has 0 heterocycles. The molecule has 6 heteroatoms. The van der Waals surface area contributed by atoms with Crippen molar-refractivity contribution in [2.45, 2.75) is 0 Å². The summed E-state index contributed by atoms with van der Waals surface area (Å²) in [5, 5.41) is 14.5. The summed E-state index contributed by atoms with van der Waals surface area (Å²) in [7, 11) is 0. The Kier molecular flexibility index (Phi) is 11.9. The van der Waals surface area contributed by atoms with Gasteiger partial charge in [0.25, 0.3) is 11.4 Å². The number of rotatable bonds is 0. The lowest BCUT2D eigenvalue weighted by Crippen LogP contribution is -1.74. The molecule has 0 spiro atoms. The molecule has 0 bridgehead atoms. The zero-order valence-electron chi connectivity index (χ0n) is 3.61. The van der Waals surface area contributed by atoms with Crippen molar-refractivity contribution in [3.63, 3.8) is 0 Å². The van der Waals surface area contributed by atoms with Gasteiger partial charge in [-0.3, -0.25) is 9.11 Å². The average Bonchev–Trinajstić information content (AvgIpc) is 1.65. The molecule has 5 nitrogen and oxygen atoms in total. The molecule has 0 aliphatic rings. The van der Waals surface area contributed by atoms with Gasteiger partial charge in [0.1, 0.15) is 0 Å². The van der Waals surface area contributed by atoms with Crippen LogP contribution >= 0.6 is 0 Å². The molecule has 0 fully saturated rings. The fourth-order valence-electron chi connectivity index (χ4n) is 0. The second kappa shape index (κ2) is 9.41. The molecule has 0 rings (SSSR count). The lowest BCUT2D eigenvalue weighted by Gasteiger charge is -1.59. The monoisotopic (exact) mass is 134 g/mol. The van der Waals surface area contributed by atoms with E-state index < -0.39 is 11.4 Å². The van der Waals surface area contributed by atoms with Gasteiger partial charge in [0, 0.05) is 0 Å². The molecule has 0 saturated heterocycles. The van der Waals surface area contributed by atoms with Gasteiger partial charge in [-0.2, -0.15) is 14.7 Å². The first-order chi connectivity index (χ1) is 3.65. The molecule has 0 atom stereocenters. The zero-order valence-corrected chi connectivity index (χ0v) is 4.42. The highest BCUT2D eigenvalue weighted by Crippen LogP contribution is 1.44. The molecule has 0 aliphatic carbocycles. The number of nitrogens with zero attached hydrogens (tertiary/aromatic N) is 2. The maximum Gasteiger partial charge on any atom is 0.299 e. The lowest BCUT2D eigenvalue weighted by atomic mass is 10.9. The summed E-state index contributed by atoms with van der Waals surface area (Å²) in [6.45, 7) is 0. The summed E-state index contributed by atoms with van der Waals surface area (Å²) in [6, 6.07) is 2.47. The Morgan fingerprint density at radius 2 is 1.38 bits per heavy atom. The highest BCUT2D eigenvalue weighted by Gasteiger charge is 1.62. The van der Waals surface area contributed by atoms with Gasteiger partial charge in [0.2, 0.25) is 0 Å². The van der Waals surface area contributed by atoms with E-state index in [1.165, 1.54) is 12.1 Å². The average molecular weight is 134 g/mol. The molecule has 0 saturated carbocycles. The summed E-state index contributed by atoms with van der Waals surface area (Å²) in [4.78, 5) is 0. The van der Waals surface area contributed by atoms with E-state index in [0.29, 0.717) is 0 Å². The van der Waals surface area contributed by atoms with E-state index in [-0.39, 0.29) is 0 Å². The first-order valence-electron chi connectivity index (χ1n) is 1.23. The summed E-state index contributed by atoms with van der Waals surface area (Å²) >= 11 is -2.61. The first-order valence-corrected chi connectivity index (χ1v) is 2.29. The van der Waals surface area contributed by atoms with Crippen LogP contribution in [0.15, 0.2) is 0 Å². The molecule has 8 heavy (non-hydrogen) atoms. The van der Waals surface area contributed by atoms with Crippen molar-refractivity contribution in [1.82, 2.24) is 0 Å². The van der Waals surface area contributed by atoms with Crippen LogP contribution in [0.1, 0.15) is 0 Å². The predicted molar refractivity (Wildman–Crippen MR) is 24.6 cm³/mol. The van der Waals surface area contributed by atoms with Crippen LogP contribution in [-0.4, -0.2) is 13.3 Å². The van der Waals surface area contributed by atoms with Crippen LogP contribution in [0, 0.1) is 22.7 Å². The molecule has 0 radical (unpaired) electrons. The van der Waals surface area contributed by atoms with E-state index in [4.69, 9.17) is 23.8 Å². The van der Waals surface area contributed by atoms with Crippen LogP contribution in [0.25, 0.3) is 0 Å². The Morgan fingerprint density at radius 3 is 1.38 bits per heavy atom. The molecule has 2 N–H and O–H groups in total. The van der Waals surface area contributed by atoms with Gasteiger partial charge < -0.3 is 0 Å². The SMILES string of the molecule is N#CC#N.O=S(O)O. The molecule has 0 amide bonds. The molecule has 0 aromatic rings. The lowest BCUT2D eigenvalue weighted by molar-refractivity contribution is 0.454. The molecule has 0 aliphatic heterocycles. The molecule has 0 aromatic carbocycles. The Bertz CT molecular complexity index is 126. The first kappa shape index (κ1) is 10.1. The van der Waals surface area contributed by atoms with Gasteiger partial charge in [-0.15, -0.1) is 0 Å². The van der Waals surface area contributed by atoms with E-state index in [9.17, 15) is 0 Å². The van der Waals surface area contributed by atoms with Crippen molar-refractivity contribution in [3.05, 3.63) is 0 Å². The second-order valence-corrected chi connectivity index (χ2v) is 0.916. The number of hydrogen-bond acceptors (Lipinski definition) is 3. The van der Waals surface area contributed by atoms with Gasteiger partial charge >= 0.3 is 0 Å². The van der Waals surface area contributed by atoms with Crippen molar-refractivity contribution < 1.29 is 13.3 Å². The van der Waals surface area contributed by atoms with Crippen LogP contribution in [0.5, 0.6) is 0 Å².